The second-order valence-corrected chi connectivity index (χ2v) is 4.12. The normalized spacial score (nSPS) is 11.8. The highest BCUT2D eigenvalue weighted by Gasteiger charge is 2.19. The third-order valence-electron chi connectivity index (χ3n) is 2.57. The zero-order valence-electron chi connectivity index (χ0n) is 11.1. The number of amides is 1. The van der Waals surface area contributed by atoms with E-state index in [1.165, 1.54) is 25.6 Å². The number of hydrogen-bond acceptors (Lipinski definition) is 5. The Morgan fingerprint density at radius 2 is 2.30 bits per heavy atom. The lowest BCUT2D eigenvalue weighted by molar-refractivity contribution is -0.142. The van der Waals surface area contributed by atoms with E-state index in [-0.39, 0.29) is 13.0 Å². The van der Waals surface area contributed by atoms with Crippen LogP contribution < -0.4 is 11.0 Å². The third-order valence-corrected chi connectivity index (χ3v) is 2.57. The van der Waals surface area contributed by atoms with E-state index in [0.29, 0.717) is 13.0 Å². The van der Waals surface area contributed by atoms with Crippen molar-refractivity contribution in [1.82, 2.24) is 14.9 Å². The van der Waals surface area contributed by atoms with Gasteiger partial charge in [-0.1, -0.05) is 0 Å². The summed E-state index contributed by atoms with van der Waals surface area (Å²) in [5, 5.41) is 11.4. The molecule has 0 aliphatic heterocycles. The van der Waals surface area contributed by atoms with Crippen LogP contribution in [0.5, 0.6) is 0 Å². The number of hydrogen-bond donors (Lipinski definition) is 2. The highest BCUT2D eigenvalue weighted by Crippen LogP contribution is 1.98. The molecule has 0 fully saturated rings. The molecule has 2 N–H and O–H groups in total. The first-order valence-electron chi connectivity index (χ1n) is 6.07. The Balaban J connectivity index is 2.56. The first kappa shape index (κ1) is 15.8. The SMILES string of the molecule is COCCCC(NC(=O)Cn1cccnc1=O)C(=O)O. The standard InChI is InChI=1S/C12H17N3O5/c1-20-7-2-4-9(11(17)18)14-10(16)8-15-6-3-5-13-12(15)19/h3,5-6,9H,2,4,7-8H2,1H3,(H,14,16)(H,17,18). The van der Waals surface area contributed by atoms with E-state index in [1.807, 2.05) is 0 Å². The van der Waals surface area contributed by atoms with Crippen LogP contribution in [0.4, 0.5) is 0 Å². The zero-order valence-corrected chi connectivity index (χ0v) is 11.1. The van der Waals surface area contributed by atoms with Gasteiger partial charge in [0.25, 0.3) is 0 Å². The molecule has 1 atom stereocenters. The summed E-state index contributed by atoms with van der Waals surface area (Å²) < 4.78 is 5.93. The third kappa shape index (κ3) is 5.19. The van der Waals surface area contributed by atoms with E-state index >= 15 is 0 Å². The van der Waals surface area contributed by atoms with Crippen molar-refractivity contribution >= 4 is 11.9 Å². The van der Waals surface area contributed by atoms with Crippen LogP contribution in [-0.4, -0.2) is 46.3 Å². The van der Waals surface area contributed by atoms with Crippen LogP contribution in [-0.2, 0) is 20.9 Å². The molecule has 0 spiro atoms. The van der Waals surface area contributed by atoms with Crippen molar-refractivity contribution < 1.29 is 19.4 Å². The van der Waals surface area contributed by atoms with E-state index in [4.69, 9.17) is 9.84 Å². The van der Waals surface area contributed by atoms with Gasteiger partial charge in [-0.3, -0.25) is 9.36 Å². The summed E-state index contributed by atoms with van der Waals surface area (Å²) in [5.41, 5.74) is -0.561. The number of aliphatic carboxylic acids is 1. The van der Waals surface area contributed by atoms with E-state index in [9.17, 15) is 14.4 Å². The fraction of sp³-hybridized carbons (Fsp3) is 0.500. The summed E-state index contributed by atoms with van der Waals surface area (Å²) in [5.74, 6) is -1.67. The van der Waals surface area contributed by atoms with Crippen molar-refractivity contribution in [2.24, 2.45) is 0 Å². The first-order chi connectivity index (χ1) is 9.54. The predicted molar refractivity (Wildman–Crippen MR) is 69.2 cm³/mol. The van der Waals surface area contributed by atoms with Gasteiger partial charge >= 0.3 is 11.7 Å². The molecule has 1 aromatic rings. The average molecular weight is 283 g/mol. The second-order valence-electron chi connectivity index (χ2n) is 4.12. The first-order valence-corrected chi connectivity index (χ1v) is 6.07. The Kier molecular flexibility index (Phi) is 6.38. The van der Waals surface area contributed by atoms with E-state index in [2.05, 4.69) is 10.3 Å². The molecule has 8 nitrogen and oxygen atoms in total. The molecular weight excluding hydrogens is 266 g/mol. The molecule has 0 aliphatic carbocycles. The molecule has 1 aromatic heterocycles. The summed E-state index contributed by atoms with van der Waals surface area (Å²) in [6, 6.07) is 0.520. The lowest BCUT2D eigenvalue weighted by Crippen LogP contribution is -2.43. The van der Waals surface area contributed by atoms with Crippen LogP contribution in [0.3, 0.4) is 0 Å². The van der Waals surface area contributed by atoms with Gasteiger partial charge in [-0.05, 0) is 18.9 Å². The van der Waals surface area contributed by atoms with Gasteiger partial charge in [0.15, 0.2) is 0 Å². The zero-order chi connectivity index (χ0) is 15.0. The molecule has 0 bridgehead atoms. The van der Waals surface area contributed by atoms with Crippen LogP contribution in [0, 0.1) is 0 Å². The molecule has 0 radical (unpaired) electrons. The minimum atomic E-state index is -1.12. The number of carbonyl (C=O) groups excluding carboxylic acids is 1. The quantitative estimate of drug-likeness (QED) is 0.607. The van der Waals surface area contributed by atoms with Crippen molar-refractivity contribution in [1.29, 1.82) is 0 Å². The predicted octanol–water partition coefficient (Wildman–Crippen LogP) is -0.761. The Morgan fingerprint density at radius 1 is 1.55 bits per heavy atom. The number of carboxylic acid groups (broad SMARTS) is 1. The lowest BCUT2D eigenvalue weighted by atomic mass is 10.1. The fourth-order valence-electron chi connectivity index (χ4n) is 1.59. The van der Waals surface area contributed by atoms with Crippen molar-refractivity contribution in [3.05, 3.63) is 28.9 Å². The Bertz CT molecular complexity index is 514. The van der Waals surface area contributed by atoms with Crippen LogP contribution in [0.1, 0.15) is 12.8 Å². The van der Waals surface area contributed by atoms with Crippen molar-refractivity contribution in [2.45, 2.75) is 25.4 Å². The van der Waals surface area contributed by atoms with Crippen LogP contribution in [0.25, 0.3) is 0 Å². The minimum absolute atomic E-state index is 0.261. The fourth-order valence-corrected chi connectivity index (χ4v) is 1.59. The van der Waals surface area contributed by atoms with E-state index in [1.54, 1.807) is 0 Å². The summed E-state index contributed by atoms with van der Waals surface area (Å²) in [4.78, 5) is 37.6. The summed E-state index contributed by atoms with van der Waals surface area (Å²) in [6.45, 7) is 0.155. The maximum atomic E-state index is 11.7. The number of carbonyl (C=O) groups is 2. The van der Waals surface area contributed by atoms with Gasteiger partial charge in [-0.25, -0.2) is 14.6 Å². The highest BCUT2D eigenvalue weighted by molar-refractivity contribution is 5.83. The Labute approximate surface area is 115 Å². The molecule has 0 saturated heterocycles. The van der Waals surface area contributed by atoms with Gasteiger partial charge in [-0.2, -0.15) is 0 Å². The van der Waals surface area contributed by atoms with E-state index < -0.39 is 23.6 Å². The minimum Gasteiger partial charge on any atom is -0.480 e. The van der Waals surface area contributed by atoms with Gasteiger partial charge in [0.1, 0.15) is 12.6 Å². The molecule has 1 rings (SSSR count). The maximum absolute atomic E-state index is 11.7. The van der Waals surface area contributed by atoms with Gasteiger partial charge in [0, 0.05) is 26.1 Å². The molecule has 0 saturated carbocycles. The van der Waals surface area contributed by atoms with Crippen LogP contribution >= 0.6 is 0 Å². The largest absolute Gasteiger partial charge is 0.480 e. The topological polar surface area (TPSA) is 111 Å². The van der Waals surface area contributed by atoms with Crippen LogP contribution in [0.2, 0.25) is 0 Å². The molecule has 8 heteroatoms. The molecule has 1 amide bonds. The number of nitrogens with one attached hydrogen (secondary N) is 1. The van der Waals surface area contributed by atoms with Gasteiger partial charge < -0.3 is 15.2 Å². The monoisotopic (exact) mass is 283 g/mol. The summed E-state index contributed by atoms with van der Waals surface area (Å²) in [7, 11) is 1.52. The van der Waals surface area contributed by atoms with Crippen LogP contribution in [0.15, 0.2) is 23.3 Å². The second kappa shape index (κ2) is 8.05. The summed E-state index contributed by atoms with van der Waals surface area (Å²) in [6.07, 6.45) is 3.51. The van der Waals surface area contributed by atoms with Crippen molar-refractivity contribution in [2.75, 3.05) is 13.7 Å². The maximum Gasteiger partial charge on any atom is 0.347 e. The number of aromatic nitrogens is 2. The Hall–Kier alpha value is -2.22. The van der Waals surface area contributed by atoms with E-state index in [0.717, 1.165) is 4.57 Å². The molecule has 1 heterocycles. The number of methoxy groups -OCH3 is 1. The Morgan fingerprint density at radius 3 is 2.90 bits per heavy atom. The molecular formula is C12H17N3O5. The summed E-state index contributed by atoms with van der Waals surface area (Å²) >= 11 is 0. The molecule has 1 unspecified atom stereocenters. The smallest absolute Gasteiger partial charge is 0.347 e. The lowest BCUT2D eigenvalue weighted by Gasteiger charge is -2.14. The number of rotatable bonds is 8. The number of ether oxygens (including phenoxy) is 1. The molecule has 0 aromatic carbocycles. The van der Waals surface area contributed by atoms with Crippen molar-refractivity contribution in [3.8, 4) is 0 Å². The molecule has 110 valence electrons. The van der Waals surface area contributed by atoms with Gasteiger partial charge in [0.2, 0.25) is 5.91 Å². The number of nitrogens with zero attached hydrogens (tertiary/aromatic N) is 2. The average Bonchev–Trinajstić information content (AvgIpc) is 2.40. The highest BCUT2D eigenvalue weighted by atomic mass is 16.5. The van der Waals surface area contributed by atoms with Gasteiger partial charge in [0.05, 0.1) is 0 Å². The van der Waals surface area contributed by atoms with Crippen molar-refractivity contribution in [3.63, 3.8) is 0 Å². The molecule has 20 heavy (non-hydrogen) atoms. The van der Waals surface area contributed by atoms with Gasteiger partial charge in [-0.15, -0.1) is 0 Å². The molecule has 0 aliphatic rings. The number of carboxylic acids is 1.